The molecule has 0 aliphatic rings. The van der Waals surface area contributed by atoms with Crippen LogP contribution in [0.1, 0.15) is 5.56 Å². The summed E-state index contributed by atoms with van der Waals surface area (Å²) in [4.78, 5) is 4.86. The van der Waals surface area contributed by atoms with E-state index in [2.05, 4.69) is 35.0 Å². The first-order chi connectivity index (χ1) is 12.2. The lowest BCUT2D eigenvalue weighted by atomic mass is 10.1. The Hall–Kier alpha value is -2.65. The fourth-order valence-corrected chi connectivity index (χ4v) is 3.04. The fourth-order valence-electron chi connectivity index (χ4n) is 2.77. The number of benzene rings is 3. The number of nitrogens with zero attached hydrogens (tertiary/aromatic N) is 1. The van der Waals surface area contributed by atoms with Gasteiger partial charge in [-0.15, -0.1) is 0 Å². The van der Waals surface area contributed by atoms with Crippen molar-refractivity contribution in [3.05, 3.63) is 94.3 Å². The van der Waals surface area contributed by atoms with Gasteiger partial charge in [-0.2, -0.15) is 0 Å². The van der Waals surface area contributed by atoms with Gasteiger partial charge in [0.1, 0.15) is 11.3 Å². The minimum absolute atomic E-state index is 0.813. The molecule has 0 unspecified atom stereocenters. The average Bonchev–Trinajstić information content (AvgIpc) is 2.64. The average molecular weight is 390 g/mol. The second kappa shape index (κ2) is 6.69. The van der Waals surface area contributed by atoms with Crippen molar-refractivity contribution in [1.29, 1.82) is 0 Å². The van der Waals surface area contributed by atoms with Crippen molar-refractivity contribution in [2.24, 2.45) is 4.99 Å². The SMILES string of the molecule is Cc1ccc2oc(-c3ccccc3)cc(=Nc3ccc(Br)cc3)c2c1. The monoisotopic (exact) mass is 389 g/mol. The summed E-state index contributed by atoms with van der Waals surface area (Å²) in [7, 11) is 0. The molecule has 1 aromatic heterocycles. The summed E-state index contributed by atoms with van der Waals surface area (Å²) < 4.78 is 7.17. The van der Waals surface area contributed by atoms with Crippen LogP contribution in [0.5, 0.6) is 0 Å². The number of fused-ring (bicyclic) bond motifs is 1. The molecule has 0 saturated carbocycles. The Morgan fingerprint density at radius 1 is 0.840 bits per heavy atom. The molecule has 3 aromatic carbocycles. The number of aryl methyl sites for hydroxylation is 1. The van der Waals surface area contributed by atoms with Crippen LogP contribution in [0.25, 0.3) is 22.3 Å². The molecule has 0 N–H and O–H groups in total. The van der Waals surface area contributed by atoms with Crippen LogP contribution < -0.4 is 5.36 Å². The standard InChI is InChI=1S/C22H16BrNO/c1-15-7-12-21-19(13-15)20(24-18-10-8-17(23)9-11-18)14-22(25-21)16-5-3-2-4-6-16/h2-14H,1H3. The highest BCUT2D eigenvalue weighted by molar-refractivity contribution is 9.10. The molecular weight excluding hydrogens is 374 g/mol. The molecular formula is C22H16BrNO. The van der Waals surface area contributed by atoms with Gasteiger partial charge in [-0.25, -0.2) is 4.99 Å². The van der Waals surface area contributed by atoms with Crippen molar-refractivity contribution in [3.8, 4) is 11.3 Å². The topological polar surface area (TPSA) is 25.5 Å². The first kappa shape index (κ1) is 15.9. The summed E-state index contributed by atoms with van der Waals surface area (Å²) in [5.41, 5.74) is 3.97. The van der Waals surface area contributed by atoms with Gasteiger partial charge in [0.2, 0.25) is 0 Å². The molecule has 0 atom stereocenters. The third-order valence-corrected chi connectivity index (χ3v) is 4.56. The Morgan fingerprint density at radius 2 is 1.60 bits per heavy atom. The molecule has 4 aromatic rings. The minimum atomic E-state index is 0.813. The molecule has 3 heteroatoms. The zero-order chi connectivity index (χ0) is 17.2. The molecule has 0 bridgehead atoms. The van der Waals surface area contributed by atoms with E-state index in [-0.39, 0.29) is 0 Å². The summed E-state index contributed by atoms with van der Waals surface area (Å²) in [6, 6.07) is 26.3. The summed E-state index contributed by atoms with van der Waals surface area (Å²) in [5.74, 6) is 0.813. The quantitative estimate of drug-likeness (QED) is 0.389. The lowest BCUT2D eigenvalue weighted by Gasteiger charge is -2.06. The Balaban J connectivity index is 2.00. The van der Waals surface area contributed by atoms with Crippen molar-refractivity contribution < 1.29 is 4.42 Å². The lowest BCUT2D eigenvalue weighted by Crippen LogP contribution is -2.03. The predicted octanol–water partition coefficient (Wildman–Crippen LogP) is 6.40. The molecule has 25 heavy (non-hydrogen) atoms. The van der Waals surface area contributed by atoms with Crippen LogP contribution in [0.4, 0.5) is 5.69 Å². The van der Waals surface area contributed by atoms with E-state index >= 15 is 0 Å². The van der Waals surface area contributed by atoms with E-state index in [0.29, 0.717) is 0 Å². The molecule has 0 saturated heterocycles. The number of hydrogen-bond acceptors (Lipinski definition) is 2. The van der Waals surface area contributed by atoms with Gasteiger partial charge in [0.25, 0.3) is 0 Å². The molecule has 4 rings (SSSR count). The zero-order valence-electron chi connectivity index (χ0n) is 13.7. The zero-order valence-corrected chi connectivity index (χ0v) is 15.3. The van der Waals surface area contributed by atoms with E-state index < -0.39 is 0 Å². The van der Waals surface area contributed by atoms with Crippen molar-refractivity contribution >= 4 is 32.6 Å². The highest BCUT2D eigenvalue weighted by atomic mass is 79.9. The molecule has 0 radical (unpaired) electrons. The van der Waals surface area contributed by atoms with E-state index in [0.717, 1.165) is 37.8 Å². The first-order valence-electron chi connectivity index (χ1n) is 8.09. The van der Waals surface area contributed by atoms with Gasteiger partial charge in [-0.1, -0.05) is 57.9 Å². The Kier molecular flexibility index (Phi) is 4.24. The van der Waals surface area contributed by atoms with Gasteiger partial charge in [0.15, 0.2) is 0 Å². The van der Waals surface area contributed by atoms with Gasteiger partial charge in [-0.05, 0) is 43.3 Å². The van der Waals surface area contributed by atoms with Crippen LogP contribution in [0.15, 0.2) is 92.7 Å². The Labute approximate surface area is 154 Å². The van der Waals surface area contributed by atoms with Crippen LogP contribution in [0.3, 0.4) is 0 Å². The van der Waals surface area contributed by atoms with Crippen LogP contribution in [0.2, 0.25) is 0 Å². The lowest BCUT2D eigenvalue weighted by molar-refractivity contribution is 0.618. The van der Waals surface area contributed by atoms with E-state index in [1.54, 1.807) is 0 Å². The molecule has 0 amide bonds. The Morgan fingerprint density at radius 3 is 2.36 bits per heavy atom. The van der Waals surface area contributed by atoms with Gasteiger partial charge < -0.3 is 4.42 Å². The maximum absolute atomic E-state index is 6.13. The van der Waals surface area contributed by atoms with Crippen molar-refractivity contribution in [2.45, 2.75) is 6.92 Å². The van der Waals surface area contributed by atoms with Crippen LogP contribution >= 0.6 is 15.9 Å². The molecule has 0 aliphatic carbocycles. The van der Waals surface area contributed by atoms with Gasteiger partial charge >= 0.3 is 0 Å². The highest BCUT2D eigenvalue weighted by Gasteiger charge is 2.06. The normalized spacial score (nSPS) is 11.8. The second-order valence-corrected chi connectivity index (χ2v) is 6.87. The molecule has 2 nitrogen and oxygen atoms in total. The van der Waals surface area contributed by atoms with Crippen LogP contribution in [0, 0.1) is 6.92 Å². The third-order valence-electron chi connectivity index (χ3n) is 4.03. The maximum atomic E-state index is 6.13. The third kappa shape index (κ3) is 3.42. The van der Waals surface area contributed by atoms with Crippen molar-refractivity contribution in [1.82, 2.24) is 0 Å². The summed E-state index contributed by atoms with van der Waals surface area (Å²) >= 11 is 3.47. The van der Waals surface area contributed by atoms with E-state index in [4.69, 9.17) is 9.41 Å². The molecule has 1 heterocycles. The highest BCUT2D eigenvalue weighted by Crippen LogP contribution is 2.23. The smallest absolute Gasteiger partial charge is 0.136 e. The maximum Gasteiger partial charge on any atom is 0.136 e. The summed E-state index contributed by atoms with van der Waals surface area (Å²) in [5, 5.41) is 1.92. The summed E-state index contributed by atoms with van der Waals surface area (Å²) in [6.45, 7) is 2.08. The molecule has 0 spiro atoms. The minimum Gasteiger partial charge on any atom is -0.456 e. The number of hydrogen-bond donors (Lipinski definition) is 0. The number of halogens is 1. The Bertz CT molecular complexity index is 1100. The van der Waals surface area contributed by atoms with Gasteiger partial charge in [-0.3, -0.25) is 0 Å². The second-order valence-electron chi connectivity index (χ2n) is 5.95. The number of rotatable bonds is 2. The first-order valence-corrected chi connectivity index (χ1v) is 8.88. The van der Waals surface area contributed by atoms with E-state index in [1.807, 2.05) is 66.7 Å². The van der Waals surface area contributed by atoms with Crippen LogP contribution in [-0.2, 0) is 0 Å². The van der Waals surface area contributed by atoms with E-state index in [1.165, 1.54) is 5.56 Å². The van der Waals surface area contributed by atoms with Gasteiger partial charge in [0, 0.05) is 21.5 Å². The predicted molar refractivity (Wildman–Crippen MR) is 106 cm³/mol. The fraction of sp³-hybridized carbons (Fsp3) is 0.0455. The van der Waals surface area contributed by atoms with Crippen LogP contribution in [-0.4, -0.2) is 0 Å². The van der Waals surface area contributed by atoms with Crippen molar-refractivity contribution in [3.63, 3.8) is 0 Å². The van der Waals surface area contributed by atoms with E-state index in [9.17, 15) is 0 Å². The summed E-state index contributed by atoms with van der Waals surface area (Å²) in [6.07, 6.45) is 0. The van der Waals surface area contributed by atoms with Gasteiger partial charge in [0.05, 0.1) is 11.0 Å². The molecule has 0 aliphatic heterocycles. The largest absolute Gasteiger partial charge is 0.456 e. The van der Waals surface area contributed by atoms with Crippen molar-refractivity contribution in [2.75, 3.05) is 0 Å². The molecule has 122 valence electrons. The molecule has 0 fully saturated rings.